The first-order valence-electron chi connectivity index (χ1n) is 2.88. The largest absolute Gasteiger partial charge is 0.398 e. The molecule has 0 unspecified atom stereocenters. The zero-order valence-corrected chi connectivity index (χ0v) is 5.94. The molecule has 10 heavy (non-hydrogen) atoms. The molecule has 1 aromatic heterocycles. The van der Waals surface area contributed by atoms with E-state index in [-0.39, 0.29) is 5.78 Å². The molecule has 2 nitrogen and oxygen atoms in total. The van der Waals surface area contributed by atoms with Gasteiger partial charge in [0.1, 0.15) is 0 Å². The maximum Gasteiger partial charge on any atom is 0.198 e. The Balaban J connectivity index is 2.72. The number of hydrogen-bond donors (Lipinski definition) is 1. The number of allylic oxidation sites excluding steroid dienone is 1. The third-order valence-electron chi connectivity index (χ3n) is 1.49. The third kappa shape index (κ3) is 0.552. The summed E-state index contributed by atoms with van der Waals surface area (Å²) >= 11 is 1.44. The summed E-state index contributed by atoms with van der Waals surface area (Å²) in [6, 6.07) is 1.87. The van der Waals surface area contributed by atoms with Gasteiger partial charge in [-0.2, -0.15) is 0 Å². The van der Waals surface area contributed by atoms with Gasteiger partial charge in [0.2, 0.25) is 0 Å². The lowest BCUT2D eigenvalue weighted by molar-refractivity contribution is 0.105. The van der Waals surface area contributed by atoms with Gasteiger partial charge in [-0.1, -0.05) is 0 Å². The Labute approximate surface area is 62.0 Å². The highest BCUT2D eigenvalue weighted by Gasteiger charge is 2.19. The average Bonchev–Trinajstić information content (AvgIpc) is 2.39. The smallest absolute Gasteiger partial charge is 0.198 e. The van der Waals surface area contributed by atoms with Crippen molar-refractivity contribution in [1.82, 2.24) is 0 Å². The van der Waals surface area contributed by atoms with Gasteiger partial charge >= 0.3 is 0 Å². The van der Waals surface area contributed by atoms with Gasteiger partial charge in [-0.25, -0.2) is 0 Å². The van der Waals surface area contributed by atoms with E-state index in [4.69, 9.17) is 5.73 Å². The minimum Gasteiger partial charge on any atom is -0.398 e. The summed E-state index contributed by atoms with van der Waals surface area (Å²) in [6.07, 6.45) is 1.47. The Hall–Kier alpha value is -1.09. The topological polar surface area (TPSA) is 43.1 Å². The van der Waals surface area contributed by atoms with E-state index >= 15 is 0 Å². The van der Waals surface area contributed by atoms with Gasteiger partial charge in [-0.3, -0.25) is 4.79 Å². The molecule has 0 radical (unpaired) electrons. The first-order chi connectivity index (χ1) is 4.79. The molecule has 0 amide bonds. The molecule has 0 saturated carbocycles. The molecule has 0 bridgehead atoms. The fraction of sp³-hybridized carbons (Fsp3) is 0. The van der Waals surface area contributed by atoms with Gasteiger partial charge in [0, 0.05) is 17.3 Å². The van der Waals surface area contributed by atoms with E-state index < -0.39 is 0 Å². The van der Waals surface area contributed by atoms with Gasteiger partial charge in [0.15, 0.2) is 5.78 Å². The third-order valence-corrected chi connectivity index (χ3v) is 2.42. The Morgan fingerprint density at radius 3 is 3.00 bits per heavy atom. The molecule has 2 rings (SSSR count). The van der Waals surface area contributed by atoms with Crippen molar-refractivity contribution in [3.63, 3.8) is 0 Å². The average molecular weight is 151 g/mol. The predicted molar refractivity (Wildman–Crippen MR) is 40.8 cm³/mol. The highest BCUT2D eigenvalue weighted by Crippen LogP contribution is 2.27. The molecule has 1 aliphatic carbocycles. The molecule has 2 N–H and O–H groups in total. The minimum absolute atomic E-state index is 0.0440. The van der Waals surface area contributed by atoms with Crippen molar-refractivity contribution in [1.29, 1.82) is 0 Å². The normalized spacial score (nSPS) is 15.2. The second-order valence-corrected chi connectivity index (χ2v) is 3.04. The summed E-state index contributed by atoms with van der Waals surface area (Å²) in [5.74, 6) is 0.0440. The molecular formula is C7H5NOS. The number of carbonyl (C=O) groups excluding carboxylic acids is 1. The van der Waals surface area contributed by atoms with E-state index in [1.807, 2.05) is 11.4 Å². The first kappa shape index (κ1) is 5.68. The summed E-state index contributed by atoms with van der Waals surface area (Å²) in [4.78, 5) is 11.8. The zero-order valence-electron chi connectivity index (χ0n) is 5.13. The van der Waals surface area contributed by atoms with E-state index in [1.54, 1.807) is 0 Å². The highest BCUT2D eigenvalue weighted by atomic mass is 32.1. The molecule has 1 aliphatic rings. The van der Waals surface area contributed by atoms with Crippen LogP contribution in [-0.2, 0) is 0 Å². The van der Waals surface area contributed by atoms with Crippen LogP contribution in [-0.4, -0.2) is 5.78 Å². The van der Waals surface area contributed by atoms with Crippen LogP contribution in [0.2, 0.25) is 0 Å². The van der Waals surface area contributed by atoms with Crippen LogP contribution in [0.5, 0.6) is 0 Å². The van der Waals surface area contributed by atoms with Crippen LogP contribution in [0.25, 0.3) is 5.70 Å². The van der Waals surface area contributed by atoms with Crippen molar-refractivity contribution < 1.29 is 4.79 Å². The second-order valence-electron chi connectivity index (χ2n) is 2.13. The van der Waals surface area contributed by atoms with Crippen molar-refractivity contribution in [2.45, 2.75) is 0 Å². The van der Waals surface area contributed by atoms with Crippen LogP contribution in [0.15, 0.2) is 17.5 Å². The van der Waals surface area contributed by atoms with Gasteiger partial charge in [-0.15, -0.1) is 11.3 Å². The molecule has 0 aromatic carbocycles. The lowest BCUT2D eigenvalue weighted by Gasteiger charge is -1.86. The lowest BCUT2D eigenvalue weighted by Crippen LogP contribution is -1.89. The maximum atomic E-state index is 11.0. The number of carbonyl (C=O) groups is 1. The minimum atomic E-state index is 0.0440. The molecule has 50 valence electrons. The van der Waals surface area contributed by atoms with Crippen LogP contribution in [0.1, 0.15) is 15.2 Å². The van der Waals surface area contributed by atoms with E-state index in [1.165, 1.54) is 17.4 Å². The monoisotopic (exact) mass is 151 g/mol. The summed E-state index contributed by atoms with van der Waals surface area (Å²) < 4.78 is 0. The molecule has 3 heteroatoms. The van der Waals surface area contributed by atoms with E-state index in [0.29, 0.717) is 5.70 Å². The van der Waals surface area contributed by atoms with Crippen LogP contribution in [0.4, 0.5) is 0 Å². The molecule has 1 aromatic rings. The van der Waals surface area contributed by atoms with Gasteiger partial charge in [0.05, 0.1) is 4.88 Å². The van der Waals surface area contributed by atoms with Crippen molar-refractivity contribution in [2.75, 3.05) is 0 Å². The van der Waals surface area contributed by atoms with Gasteiger partial charge in [0.25, 0.3) is 0 Å². The summed E-state index contributed by atoms with van der Waals surface area (Å²) in [5.41, 5.74) is 7.02. The van der Waals surface area contributed by atoms with Gasteiger partial charge < -0.3 is 5.73 Å². The molecule has 0 atom stereocenters. The van der Waals surface area contributed by atoms with Crippen molar-refractivity contribution in [2.24, 2.45) is 5.73 Å². The Morgan fingerprint density at radius 2 is 2.30 bits per heavy atom. The van der Waals surface area contributed by atoms with Crippen LogP contribution >= 0.6 is 11.3 Å². The number of nitrogens with two attached hydrogens (primary N) is 1. The summed E-state index contributed by atoms with van der Waals surface area (Å²) in [6.45, 7) is 0. The van der Waals surface area contributed by atoms with Crippen molar-refractivity contribution >= 4 is 22.8 Å². The van der Waals surface area contributed by atoms with E-state index in [0.717, 1.165) is 10.4 Å². The quantitative estimate of drug-likeness (QED) is 0.606. The van der Waals surface area contributed by atoms with E-state index in [2.05, 4.69) is 0 Å². The zero-order chi connectivity index (χ0) is 7.14. The molecule has 0 aliphatic heterocycles. The number of fused-ring (bicyclic) bond motifs is 1. The maximum absolute atomic E-state index is 11.0. The second kappa shape index (κ2) is 1.70. The Bertz CT molecular complexity index is 324. The van der Waals surface area contributed by atoms with Crippen LogP contribution in [0, 0.1) is 0 Å². The molecular weight excluding hydrogens is 146 g/mol. The highest BCUT2D eigenvalue weighted by molar-refractivity contribution is 7.12. The Kier molecular flexibility index (Phi) is 0.964. The number of rotatable bonds is 0. The number of ketones is 1. The van der Waals surface area contributed by atoms with Crippen LogP contribution < -0.4 is 5.73 Å². The fourth-order valence-electron chi connectivity index (χ4n) is 1.01. The number of thiophene rings is 1. The first-order valence-corrected chi connectivity index (χ1v) is 3.76. The van der Waals surface area contributed by atoms with E-state index in [9.17, 15) is 4.79 Å². The molecule has 1 heterocycles. The fourth-order valence-corrected chi connectivity index (χ4v) is 1.84. The lowest BCUT2D eigenvalue weighted by atomic mass is 10.3. The Morgan fingerprint density at radius 1 is 1.50 bits per heavy atom. The predicted octanol–water partition coefficient (Wildman–Crippen LogP) is 1.24. The SMILES string of the molecule is NC1=CC(=O)c2sccc21. The summed E-state index contributed by atoms with van der Waals surface area (Å²) in [7, 11) is 0. The van der Waals surface area contributed by atoms with Crippen molar-refractivity contribution in [3.05, 3.63) is 28.0 Å². The molecule has 0 saturated heterocycles. The van der Waals surface area contributed by atoms with Gasteiger partial charge in [-0.05, 0) is 11.4 Å². The number of hydrogen-bond acceptors (Lipinski definition) is 3. The molecule has 0 fully saturated rings. The summed E-state index contributed by atoms with van der Waals surface area (Å²) in [5, 5.41) is 1.88. The standard InChI is InChI=1S/C7H5NOS/c8-5-3-6(9)7-4(5)1-2-10-7/h1-3H,8H2. The molecule has 0 spiro atoms. The van der Waals surface area contributed by atoms with Crippen LogP contribution in [0.3, 0.4) is 0 Å². The van der Waals surface area contributed by atoms with Crippen molar-refractivity contribution in [3.8, 4) is 0 Å².